The fourth-order valence-electron chi connectivity index (χ4n) is 2.50. The Labute approximate surface area is 123 Å². The third kappa shape index (κ3) is 3.88. The fraction of sp³-hybridized carbons (Fsp3) is 0.400. The highest BCUT2D eigenvalue weighted by Crippen LogP contribution is 2.15. The van der Waals surface area contributed by atoms with Crippen LogP contribution in [0.4, 0.5) is 5.69 Å². The van der Waals surface area contributed by atoms with Crippen molar-refractivity contribution < 1.29 is 9.72 Å². The van der Waals surface area contributed by atoms with E-state index in [9.17, 15) is 14.9 Å². The van der Waals surface area contributed by atoms with Gasteiger partial charge in [-0.3, -0.25) is 14.9 Å². The van der Waals surface area contributed by atoms with Crippen LogP contribution in [0.25, 0.3) is 6.08 Å². The molecule has 6 nitrogen and oxygen atoms in total. The summed E-state index contributed by atoms with van der Waals surface area (Å²) < 4.78 is 0. The third-order valence-corrected chi connectivity index (χ3v) is 3.60. The van der Waals surface area contributed by atoms with Gasteiger partial charge in [0.25, 0.3) is 5.69 Å². The Morgan fingerprint density at radius 1 is 1.57 bits per heavy atom. The van der Waals surface area contributed by atoms with Gasteiger partial charge in [-0.25, -0.2) is 0 Å². The Kier molecular flexibility index (Phi) is 5.05. The molecule has 0 spiro atoms. The van der Waals surface area contributed by atoms with Crippen LogP contribution in [0.3, 0.4) is 0 Å². The minimum atomic E-state index is -0.443. The number of nitro groups is 1. The summed E-state index contributed by atoms with van der Waals surface area (Å²) in [7, 11) is 0. The van der Waals surface area contributed by atoms with E-state index in [1.54, 1.807) is 18.2 Å². The van der Waals surface area contributed by atoms with Crippen molar-refractivity contribution in [1.29, 1.82) is 0 Å². The predicted molar refractivity (Wildman–Crippen MR) is 80.8 cm³/mol. The lowest BCUT2D eigenvalue weighted by atomic mass is 10.1. The van der Waals surface area contributed by atoms with Gasteiger partial charge in [-0.05, 0) is 31.5 Å². The Balaban J connectivity index is 2.06. The first-order valence-electron chi connectivity index (χ1n) is 7.05. The van der Waals surface area contributed by atoms with Crippen LogP contribution in [-0.4, -0.2) is 41.4 Å². The maximum Gasteiger partial charge on any atom is 0.270 e. The zero-order valence-electron chi connectivity index (χ0n) is 12.0. The summed E-state index contributed by atoms with van der Waals surface area (Å²) >= 11 is 0. The number of likely N-dealkylation sites (N-methyl/N-ethyl adjacent to an activating group) is 1. The minimum absolute atomic E-state index is 0.0249. The summed E-state index contributed by atoms with van der Waals surface area (Å²) in [6.07, 6.45) is 4.07. The van der Waals surface area contributed by atoms with E-state index in [0.717, 1.165) is 19.5 Å². The van der Waals surface area contributed by atoms with Crippen molar-refractivity contribution in [3.8, 4) is 0 Å². The highest BCUT2D eigenvalue weighted by Gasteiger charge is 2.23. The average Bonchev–Trinajstić information content (AvgIpc) is 3.00. The van der Waals surface area contributed by atoms with Crippen molar-refractivity contribution in [3.05, 3.63) is 46.0 Å². The number of hydrogen-bond acceptors (Lipinski definition) is 4. The molecule has 1 aromatic rings. The molecule has 1 aromatic carbocycles. The van der Waals surface area contributed by atoms with Gasteiger partial charge in [0.05, 0.1) is 4.92 Å². The van der Waals surface area contributed by atoms with Gasteiger partial charge in [0, 0.05) is 37.3 Å². The summed E-state index contributed by atoms with van der Waals surface area (Å²) in [5, 5.41) is 14.0. The number of hydrogen-bond donors (Lipinski definition) is 1. The van der Waals surface area contributed by atoms with Gasteiger partial charge in [-0.15, -0.1) is 0 Å². The SMILES string of the molecule is CCN(C(=O)C=Cc1cccc([N+](=O)[O-])c1)C1CCNC1. The summed E-state index contributed by atoms with van der Waals surface area (Å²) in [4.78, 5) is 24.3. The maximum atomic E-state index is 12.2. The molecule has 1 atom stereocenters. The zero-order chi connectivity index (χ0) is 15.2. The highest BCUT2D eigenvalue weighted by molar-refractivity contribution is 5.92. The number of carbonyl (C=O) groups excluding carboxylic acids is 1. The molecule has 1 aliphatic heterocycles. The Morgan fingerprint density at radius 3 is 3.00 bits per heavy atom. The maximum absolute atomic E-state index is 12.2. The monoisotopic (exact) mass is 289 g/mol. The van der Waals surface area contributed by atoms with Crippen molar-refractivity contribution in [2.45, 2.75) is 19.4 Å². The van der Waals surface area contributed by atoms with Crippen molar-refractivity contribution in [2.75, 3.05) is 19.6 Å². The van der Waals surface area contributed by atoms with Crippen LogP contribution in [0.15, 0.2) is 30.3 Å². The molecule has 0 radical (unpaired) electrons. The first-order valence-corrected chi connectivity index (χ1v) is 7.05. The van der Waals surface area contributed by atoms with Crippen LogP contribution in [0, 0.1) is 10.1 Å². The van der Waals surface area contributed by atoms with Gasteiger partial charge >= 0.3 is 0 Å². The summed E-state index contributed by atoms with van der Waals surface area (Å²) in [6, 6.07) is 6.47. The molecule has 1 amide bonds. The van der Waals surface area contributed by atoms with Crippen molar-refractivity contribution in [3.63, 3.8) is 0 Å². The normalized spacial score (nSPS) is 18.0. The molecule has 1 fully saturated rings. The molecule has 1 heterocycles. The minimum Gasteiger partial charge on any atom is -0.335 e. The van der Waals surface area contributed by atoms with E-state index in [0.29, 0.717) is 12.1 Å². The number of carbonyl (C=O) groups is 1. The number of nitrogens with one attached hydrogen (secondary N) is 1. The molecular weight excluding hydrogens is 270 g/mol. The van der Waals surface area contributed by atoms with Gasteiger partial charge < -0.3 is 10.2 Å². The van der Waals surface area contributed by atoms with E-state index in [2.05, 4.69) is 5.32 Å². The van der Waals surface area contributed by atoms with Crippen molar-refractivity contribution in [1.82, 2.24) is 10.2 Å². The molecule has 1 unspecified atom stereocenters. The van der Waals surface area contributed by atoms with Gasteiger partial charge in [-0.2, -0.15) is 0 Å². The van der Waals surface area contributed by atoms with Crippen LogP contribution in [0.1, 0.15) is 18.9 Å². The highest BCUT2D eigenvalue weighted by atomic mass is 16.6. The van der Waals surface area contributed by atoms with E-state index in [1.807, 2.05) is 11.8 Å². The van der Waals surface area contributed by atoms with Crippen LogP contribution >= 0.6 is 0 Å². The summed E-state index contributed by atoms with van der Waals surface area (Å²) in [5.41, 5.74) is 0.676. The second-order valence-electron chi connectivity index (χ2n) is 4.96. The lowest BCUT2D eigenvalue weighted by Crippen LogP contribution is -2.40. The molecule has 0 saturated carbocycles. The number of amides is 1. The van der Waals surface area contributed by atoms with E-state index < -0.39 is 4.92 Å². The molecule has 1 N–H and O–H groups in total. The molecule has 0 aromatic heterocycles. The van der Waals surface area contributed by atoms with Gasteiger partial charge in [0.2, 0.25) is 5.91 Å². The van der Waals surface area contributed by atoms with Crippen LogP contribution in [0.2, 0.25) is 0 Å². The summed E-state index contributed by atoms with van der Waals surface area (Å²) in [6.45, 7) is 4.37. The molecular formula is C15H19N3O3. The van der Waals surface area contributed by atoms with Crippen LogP contribution in [-0.2, 0) is 4.79 Å². The largest absolute Gasteiger partial charge is 0.335 e. The first kappa shape index (κ1) is 15.2. The third-order valence-electron chi connectivity index (χ3n) is 3.60. The number of non-ortho nitro benzene ring substituents is 1. The second-order valence-corrected chi connectivity index (χ2v) is 4.96. The van der Waals surface area contributed by atoms with E-state index in [4.69, 9.17) is 0 Å². The molecule has 2 rings (SSSR count). The smallest absolute Gasteiger partial charge is 0.270 e. The van der Waals surface area contributed by atoms with Crippen LogP contribution in [0.5, 0.6) is 0 Å². The molecule has 1 aliphatic rings. The lowest BCUT2D eigenvalue weighted by molar-refractivity contribution is -0.384. The quantitative estimate of drug-likeness (QED) is 0.509. The molecule has 0 aliphatic carbocycles. The van der Waals surface area contributed by atoms with E-state index in [1.165, 1.54) is 18.2 Å². The second kappa shape index (κ2) is 6.99. The fourth-order valence-corrected chi connectivity index (χ4v) is 2.50. The van der Waals surface area contributed by atoms with Crippen molar-refractivity contribution in [2.24, 2.45) is 0 Å². The molecule has 6 heteroatoms. The molecule has 1 saturated heterocycles. The Hall–Kier alpha value is -2.21. The zero-order valence-corrected chi connectivity index (χ0v) is 12.0. The molecule has 0 bridgehead atoms. The average molecular weight is 289 g/mol. The topological polar surface area (TPSA) is 75.5 Å². The number of nitro benzene ring substituents is 1. The van der Waals surface area contributed by atoms with Crippen molar-refractivity contribution >= 4 is 17.7 Å². The van der Waals surface area contributed by atoms with E-state index >= 15 is 0 Å². The first-order chi connectivity index (χ1) is 10.1. The van der Waals surface area contributed by atoms with Gasteiger partial charge in [0.1, 0.15) is 0 Å². The predicted octanol–water partition coefficient (Wildman–Crippen LogP) is 1.82. The van der Waals surface area contributed by atoms with E-state index in [-0.39, 0.29) is 17.6 Å². The molecule has 112 valence electrons. The standard InChI is InChI=1S/C15H19N3O3/c1-2-17(14-8-9-16-11-14)15(19)7-6-12-4-3-5-13(10-12)18(20)21/h3-7,10,14,16H,2,8-9,11H2,1H3. The Bertz CT molecular complexity index is 551. The number of rotatable bonds is 5. The Morgan fingerprint density at radius 2 is 2.38 bits per heavy atom. The molecule has 21 heavy (non-hydrogen) atoms. The van der Waals surface area contributed by atoms with Gasteiger partial charge in [-0.1, -0.05) is 12.1 Å². The van der Waals surface area contributed by atoms with Crippen LogP contribution < -0.4 is 5.32 Å². The number of nitrogens with zero attached hydrogens (tertiary/aromatic N) is 2. The number of benzene rings is 1. The van der Waals surface area contributed by atoms with Gasteiger partial charge in [0.15, 0.2) is 0 Å². The lowest BCUT2D eigenvalue weighted by Gasteiger charge is -2.25. The summed E-state index contributed by atoms with van der Waals surface area (Å²) in [5.74, 6) is -0.0577.